The van der Waals surface area contributed by atoms with Crippen molar-refractivity contribution >= 4 is 17.0 Å². The molecule has 2 aromatic heterocycles. The number of nitrogens with one attached hydrogen (secondary N) is 1. The predicted octanol–water partition coefficient (Wildman–Crippen LogP) is 4.44. The Morgan fingerprint density at radius 3 is 2.80 bits per heavy atom. The summed E-state index contributed by atoms with van der Waals surface area (Å²) in [4.78, 5) is 13.6. The van der Waals surface area contributed by atoms with Gasteiger partial charge in [0, 0.05) is 6.04 Å². The molecule has 3 aromatic rings. The first kappa shape index (κ1) is 22.1. The first-order valence-electron chi connectivity index (χ1n) is 12.1. The maximum absolute atomic E-state index is 6.29. The number of aromatic nitrogens is 4. The van der Waals surface area contributed by atoms with Crippen LogP contribution in [0.25, 0.3) is 11.2 Å². The number of hydrogen-bond acceptors (Lipinski definition) is 8. The van der Waals surface area contributed by atoms with Crippen molar-refractivity contribution in [3.8, 4) is 0 Å². The van der Waals surface area contributed by atoms with Crippen LogP contribution in [0.2, 0.25) is 0 Å². The number of imidazole rings is 1. The van der Waals surface area contributed by atoms with Gasteiger partial charge in [0.05, 0.1) is 0 Å². The number of anilines is 1. The molecule has 9 nitrogen and oxygen atoms in total. The summed E-state index contributed by atoms with van der Waals surface area (Å²) in [5, 5.41) is 3.54. The van der Waals surface area contributed by atoms with Crippen molar-refractivity contribution in [2.24, 2.45) is 0 Å². The summed E-state index contributed by atoms with van der Waals surface area (Å²) < 4.78 is 26.2. The molecule has 182 valence electrons. The highest BCUT2D eigenvalue weighted by Gasteiger charge is 2.55. The van der Waals surface area contributed by atoms with E-state index in [1.807, 2.05) is 48.7 Å². The van der Waals surface area contributed by atoms with E-state index in [1.54, 1.807) is 12.7 Å². The van der Waals surface area contributed by atoms with Gasteiger partial charge < -0.3 is 24.3 Å². The summed E-state index contributed by atoms with van der Waals surface area (Å²) >= 11 is 0. The van der Waals surface area contributed by atoms with Crippen molar-refractivity contribution in [1.82, 2.24) is 19.5 Å². The van der Waals surface area contributed by atoms with Crippen LogP contribution in [0.5, 0.6) is 0 Å². The van der Waals surface area contributed by atoms with Crippen LogP contribution in [0.15, 0.2) is 60.7 Å². The number of hydrogen-bond donors (Lipinski definition) is 1. The molecule has 1 aromatic carbocycles. The summed E-state index contributed by atoms with van der Waals surface area (Å²) in [5.41, 5.74) is 5.60. The lowest BCUT2D eigenvalue weighted by molar-refractivity contribution is -0.173. The molecular weight excluding hydrogens is 446 g/mol. The van der Waals surface area contributed by atoms with Crippen molar-refractivity contribution in [3.63, 3.8) is 0 Å². The smallest absolute Gasteiger partial charge is 0.208 e. The summed E-state index contributed by atoms with van der Waals surface area (Å²) in [6.45, 7) is 4.24. The summed E-state index contributed by atoms with van der Waals surface area (Å²) in [5.74, 6) is 0.526. The maximum Gasteiger partial charge on any atom is 0.208 e. The lowest BCUT2D eigenvalue weighted by Crippen LogP contribution is -2.27. The second-order valence-corrected chi connectivity index (χ2v) is 9.62. The van der Waals surface area contributed by atoms with Gasteiger partial charge in [-0.1, -0.05) is 43.2 Å². The largest absolute Gasteiger partial charge is 0.488 e. The molecule has 3 fully saturated rings. The summed E-state index contributed by atoms with van der Waals surface area (Å²) in [6, 6.07) is 10.4. The predicted molar refractivity (Wildman–Crippen MR) is 128 cm³/mol. The molecule has 2 aliphatic heterocycles. The lowest BCUT2D eigenvalue weighted by atomic mass is 10.2. The number of ether oxygens (including phenoxy) is 4. The molecular formula is C26H29N5O4. The lowest BCUT2D eigenvalue weighted by Gasteiger charge is -2.22. The van der Waals surface area contributed by atoms with E-state index in [2.05, 4.69) is 26.0 Å². The van der Waals surface area contributed by atoms with Crippen LogP contribution >= 0.6 is 0 Å². The fourth-order valence-electron chi connectivity index (χ4n) is 5.02. The van der Waals surface area contributed by atoms with E-state index in [1.165, 1.54) is 19.1 Å². The number of fused-ring (bicyclic) bond motifs is 2. The first-order chi connectivity index (χ1) is 17.1. The molecule has 0 radical (unpaired) electrons. The Balaban J connectivity index is 1.27. The zero-order chi connectivity index (χ0) is 23.8. The van der Waals surface area contributed by atoms with Gasteiger partial charge >= 0.3 is 0 Å². The van der Waals surface area contributed by atoms with Crippen molar-refractivity contribution in [2.75, 3.05) is 5.32 Å². The van der Waals surface area contributed by atoms with Crippen LogP contribution in [-0.4, -0.2) is 43.6 Å². The van der Waals surface area contributed by atoms with E-state index < -0.39 is 18.1 Å². The Kier molecular flexibility index (Phi) is 5.68. The van der Waals surface area contributed by atoms with E-state index in [-0.39, 0.29) is 6.10 Å². The standard InChI is InChI=1S/C26H29N5O4/c1-26(2)34-21-19(12-13-32-14-17-8-4-3-5-9-17)33-25(22(21)35-26)31-16-29-20-23(27-15-28-24(20)31)30-18-10-6-7-11-18/h3-5,8-9,13,15-16,18,21-22,25H,6-7,10-11,14H2,1-2H3,(H,27,28,30)/t12?,21-,22?,25+/m0/s1. The van der Waals surface area contributed by atoms with Gasteiger partial charge in [-0.2, -0.15) is 0 Å². The fourth-order valence-corrected chi connectivity index (χ4v) is 5.02. The maximum atomic E-state index is 6.29. The van der Waals surface area contributed by atoms with E-state index in [0.29, 0.717) is 24.1 Å². The Labute approximate surface area is 203 Å². The third kappa shape index (κ3) is 4.38. The molecule has 0 spiro atoms. The van der Waals surface area contributed by atoms with Crippen molar-refractivity contribution in [2.45, 2.75) is 76.4 Å². The van der Waals surface area contributed by atoms with Crippen LogP contribution in [-0.2, 0) is 25.6 Å². The Bertz CT molecular complexity index is 1260. The third-order valence-corrected chi connectivity index (χ3v) is 6.62. The molecule has 1 N–H and O–H groups in total. The Hall–Kier alpha value is -3.39. The molecule has 9 heteroatoms. The van der Waals surface area contributed by atoms with Crippen molar-refractivity contribution < 1.29 is 18.9 Å². The van der Waals surface area contributed by atoms with Crippen molar-refractivity contribution in [1.29, 1.82) is 0 Å². The van der Waals surface area contributed by atoms with Crippen molar-refractivity contribution in [3.05, 3.63) is 66.3 Å². The van der Waals surface area contributed by atoms with Gasteiger partial charge in [-0.3, -0.25) is 4.57 Å². The van der Waals surface area contributed by atoms with E-state index >= 15 is 0 Å². The van der Waals surface area contributed by atoms with Gasteiger partial charge in [0.2, 0.25) is 6.23 Å². The second-order valence-electron chi connectivity index (χ2n) is 9.62. The minimum atomic E-state index is -0.754. The number of nitrogens with zero attached hydrogens (tertiary/aromatic N) is 4. The Morgan fingerprint density at radius 2 is 1.97 bits per heavy atom. The molecule has 3 atom stereocenters. The minimum absolute atomic E-state index is 0.381. The molecule has 4 heterocycles. The average molecular weight is 476 g/mol. The van der Waals surface area contributed by atoms with Gasteiger partial charge in [-0.15, -0.1) is 0 Å². The Morgan fingerprint density at radius 1 is 1.14 bits per heavy atom. The molecule has 1 saturated carbocycles. The molecule has 0 bridgehead atoms. The van der Waals surface area contributed by atoms with Crippen LogP contribution < -0.4 is 5.32 Å². The highest BCUT2D eigenvalue weighted by molar-refractivity contribution is 5.82. The molecule has 1 aliphatic carbocycles. The number of benzene rings is 1. The van der Waals surface area contributed by atoms with E-state index in [4.69, 9.17) is 18.9 Å². The first-order valence-corrected chi connectivity index (χ1v) is 12.1. The quantitative estimate of drug-likeness (QED) is 0.413. The van der Waals surface area contributed by atoms with Crippen LogP contribution in [0.1, 0.15) is 51.3 Å². The zero-order valence-corrected chi connectivity index (χ0v) is 19.9. The monoisotopic (exact) mass is 475 g/mol. The average Bonchev–Trinajstić information content (AvgIpc) is 3.62. The third-order valence-electron chi connectivity index (χ3n) is 6.62. The van der Waals surface area contributed by atoms with Crippen LogP contribution in [0.4, 0.5) is 5.82 Å². The van der Waals surface area contributed by atoms with Crippen LogP contribution in [0, 0.1) is 0 Å². The van der Waals surface area contributed by atoms with Gasteiger partial charge in [0.1, 0.15) is 25.5 Å². The normalized spacial score (nSPS) is 25.3. The van der Waals surface area contributed by atoms with Gasteiger partial charge in [0.15, 0.2) is 40.7 Å². The van der Waals surface area contributed by atoms with Gasteiger partial charge in [0.25, 0.3) is 0 Å². The SMILES string of the molecule is CC1(C)OC2[C@H](n3cnc4c(NC5CCCC5)ncnc43)OC(=C=COCc3ccccc3)[C@@H]2O1. The molecule has 1 unspecified atom stereocenters. The van der Waals surface area contributed by atoms with E-state index in [0.717, 1.165) is 29.7 Å². The highest BCUT2D eigenvalue weighted by atomic mass is 16.8. The summed E-state index contributed by atoms with van der Waals surface area (Å²) in [6.07, 6.45) is 8.29. The summed E-state index contributed by atoms with van der Waals surface area (Å²) in [7, 11) is 0. The fraction of sp³-hybridized carbons (Fsp3) is 0.462. The molecule has 0 amide bonds. The van der Waals surface area contributed by atoms with E-state index in [9.17, 15) is 0 Å². The minimum Gasteiger partial charge on any atom is -0.488 e. The number of rotatable bonds is 6. The molecule has 35 heavy (non-hydrogen) atoms. The topological polar surface area (TPSA) is 92.6 Å². The second kappa shape index (κ2) is 9.00. The van der Waals surface area contributed by atoms with Gasteiger partial charge in [-0.25, -0.2) is 15.0 Å². The van der Waals surface area contributed by atoms with Crippen LogP contribution in [0.3, 0.4) is 0 Å². The molecule has 6 rings (SSSR count). The zero-order valence-electron chi connectivity index (χ0n) is 19.9. The molecule has 2 saturated heterocycles. The van der Waals surface area contributed by atoms with Gasteiger partial charge in [-0.05, 0) is 38.0 Å². The highest BCUT2D eigenvalue weighted by Crippen LogP contribution is 2.45. The molecule has 3 aliphatic rings.